The summed E-state index contributed by atoms with van der Waals surface area (Å²) < 4.78 is 15.2. The number of hydrogen-bond donors (Lipinski definition) is 1. The number of nitrogens with one attached hydrogen (secondary N) is 1. The van der Waals surface area contributed by atoms with Crippen LogP contribution >= 0.6 is 0 Å². The van der Waals surface area contributed by atoms with Crippen molar-refractivity contribution in [1.82, 2.24) is 19.7 Å². The van der Waals surface area contributed by atoms with Gasteiger partial charge in [0.25, 0.3) is 0 Å². The van der Waals surface area contributed by atoms with Gasteiger partial charge in [-0.1, -0.05) is 18.2 Å². The average molecular weight is 284 g/mol. The second kappa shape index (κ2) is 5.70. The van der Waals surface area contributed by atoms with Crippen molar-refractivity contribution in [1.29, 1.82) is 0 Å². The topological polar surface area (TPSA) is 63.6 Å². The Balaban J connectivity index is 1.91. The van der Waals surface area contributed by atoms with Crippen LogP contribution < -0.4 is 5.69 Å². The summed E-state index contributed by atoms with van der Waals surface area (Å²) in [7, 11) is 0. The average Bonchev–Trinajstić information content (AvgIpc) is 2.84. The first kappa shape index (κ1) is 13.2. The van der Waals surface area contributed by atoms with E-state index >= 15 is 0 Å². The molecular weight excluding hydrogens is 271 g/mol. The molecule has 3 aromatic rings. The third-order valence-corrected chi connectivity index (χ3v) is 3.24. The molecule has 0 spiro atoms. The van der Waals surface area contributed by atoms with Crippen molar-refractivity contribution < 1.29 is 4.39 Å². The van der Waals surface area contributed by atoms with Gasteiger partial charge in [0.2, 0.25) is 0 Å². The Morgan fingerprint density at radius 1 is 1.14 bits per heavy atom. The van der Waals surface area contributed by atoms with E-state index in [0.717, 1.165) is 5.56 Å². The number of aromatic nitrogens is 4. The van der Waals surface area contributed by atoms with Crippen LogP contribution in [0.15, 0.2) is 53.6 Å². The number of aromatic amines is 1. The molecule has 1 aromatic carbocycles. The lowest BCUT2D eigenvalue weighted by atomic mass is 10.2. The molecule has 1 N–H and O–H groups in total. The molecule has 2 heterocycles. The van der Waals surface area contributed by atoms with Crippen molar-refractivity contribution in [2.45, 2.75) is 13.0 Å². The fourth-order valence-electron chi connectivity index (χ4n) is 2.13. The fraction of sp³-hybridized carbons (Fsp3) is 0.133. The lowest BCUT2D eigenvalue weighted by Crippen LogP contribution is -2.20. The Bertz CT molecular complexity index is 795. The summed E-state index contributed by atoms with van der Waals surface area (Å²) in [5.74, 6) is 0.231. The standard InChI is InChI=1S/C15H13FN4O/c16-13-4-2-1-3-12(13)10-20-14(18-19-15(20)21)9-11-5-7-17-8-6-11/h1-8H,9-10H2,(H,19,21). The van der Waals surface area contributed by atoms with Crippen LogP contribution in [0.5, 0.6) is 0 Å². The maximum Gasteiger partial charge on any atom is 0.343 e. The zero-order valence-electron chi connectivity index (χ0n) is 11.2. The molecule has 0 amide bonds. The summed E-state index contributed by atoms with van der Waals surface area (Å²) in [6.45, 7) is 0.155. The van der Waals surface area contributed by atoms with Gasteiger partial charge in [-0.05, 0) is 23.8 Å². The predicted octanol–water partition coefficient (Wildman–Crippen LogP) is 1.74. The van der Waals surface area contributed by atoms with Crippen LogP contribution in [0.1, 0.15) is 17.0 Å². The SMILES string of the molecule is O=c1[nH]nc(Cc2ccncc2)n1Cc1ccccc1F. The van der Waals surface area contributed by atoms with E-state index in [-0.39, 0.29) is 18.1 Å². The van der Waals surface area contributed by atoms with E-state index in [2.05, 4.69) is 15.2 Å². The summed E-state index contributed by atoms with van der Waals surface area (Å²) in [5, 5.41) is 6.44. The third kappa shape index (κ3) is 2.89. The van der Waals surface area contributed by atoms with E-state index in [0.29, 0.717) is 17.8 Å². The van der Waals surface area contributed by atoms with Crippen LogP contribution in [0.25, 0.3) is 0 Å². The third-order valence-electron chi connectivity index (χ3n) is 3.24. The van der Waals surface area contributed by atoms with Crippen LogP contribution in [-0.4, -0.2) is 19.7 Å². The van der Waals surface area contributed by atoms with Gasteiger partial charge in [0, 0.05) is 24.4 Å². The van der Waals surface area contributed by atoms with Gasteiger partial charge in [-0.25, -0.2) is 14.3 Å². The number of H-pyrrole nitrogens is 1. The number of nitrogens with zero attached hydrogens (tertiary/aromatic N) is 3. The number of hydrogen-bond acceptors (Lipinski definition) is 3. The van der Waals surface area contributed by atoms with E-state index in [9.17, 15) is 9.18 Å². The molecule has 0 saturated carbocycles. The van der Waals surface area contributed by atoms with Gasteiger partial charge < -0.3 is 0 Å². The van der Waals surface area contributed by atoms with Crippen molar-refractivity contribution in [3.63, 3.8) is 0 Å². The second-order valence-electron chi connectivity index (χ2n) is 4.65. The first-order chi connectivity index (χ1) is 10.2. The van der Waals surface area contributed by atoms with E-state index in [1.807, 2.05) is 12.1 Å². The van der Waals surface area contributed by atoms with E-state index in [1.165, 1.54) is 10.6 Å². The molecule has 0 aliphatic rings. The largest absolute Gasteiger partial charge is 0.343 e. The summed E-state index contributed by atoms with van der Waals surface area (Å²) in [6, 6.07) is 10.1. The Kier molecular flexibility index (Phi) is 3.59. The second-order valence-corrected chi connectivity index (χ2v) is 4.65. The molecule has 0 atom stereocenters. The minimum absolute atomic E-state index is 0.155. The zero-order valence-corrected chi connectivity index (χ0v) is 11.2. The van der Waals surface area contributed by atoms with Gasteiger partial charge in [0.15, 0.2) is 0 Å². The smallest absolute Gasteiger partial charge is 0.274 e. The van der Waals surface area contributed by atoms with Gasteiger partial charge in [0.05, 0.1) is 6.54 Å². The molecule has 0 radical (unpaired) electrons. The Labute approximate surface area is 120 Å². The molecule has 0 aliphatic heterocycles. The molecule has 106 valence electrons. The van der Waals surface area contributed by atoms with Crippen LogP contribution in [0.3, 0.4) is 0 Å². The Hall–Kier alpha value is -2.76. The molecule has 21 heavy (non-hydrogen) atoms. The van der Waals surface area contributed by atoms with Gasteiger partial charge in [-0.15, -0.1) is 0 Å². The first-order valence-electron chi connectivity index (χ1n) is 6.50. The molecular formula is C15H13FN4O. The maximum atomic E-state index is 13.7. The monoisotopic (exact) mass is 284 g/mol. The predicted molar refractivity (Wildman–Crippen MR) is 75.4 cm³/mol. The normalized spacial score (nSPS) is 10.7. The zero-order chi connectivity index (χ0) is 14.7. The van der Waals surface area contributed by atoms with Crippen molar-refractivity contribution in [2.75, 3.05) is 0 Å². The summed E-state index contributed by atoms with van der Waals surface area (Å²) in [5.41, 5.74) is 1.10. The Morgan fingerprint density at radius 3 is 2.67 bits per heavy atom. The molecule has 0 unspecified atom stereocenters. The van der Waals surface area contributed by atoms with Gasteiger partial charge in [-0.2, -0.15) is 5.10 Å². The van der Waals surface area contributed by atoms with Crippen LogP contribution in [0.2, 0.25) is 0 Å². The van der Waals surface area contributed by atoms with Crippen molar-refractivity contribution in [3.8, 4) is 0 Å². The van der Waals surface area contributed by atoms with E-state index in [4.69, 9.17) is 0 Å². The molecule has 3 rings (SSSR count). The molecule has 0 saturated heterocycles. The van der Waals surface area contributed by atoms with Gasteiger partial charge in [-0.3, -0.25) is 9.55 Å². The first-order valence-corrected chi connectivity index (χ1v) is 6.50. The number of benzene rings is 1. The van der Waals surface area contributed by atoms with Crippen LogP contribution in [0, 0.1) is 5.82 Å². The van der Waals surface area contributed by atoms with Gasteiger partial charge in [0.1, 0.15) is 11.6 Å². The molecule has 0 aliphatic carbocycles. The summed E-state index contributed by atoms with van der Waals surface area (Å²) in [4.78, 5) is 15.8. The lowest BCUT2D eigenvalue weighted by Gasteiger charge is -2.07. The number of pyridine rings is 1. The number of rotatable bonds is 4. The molecule has 2 aromatic heterocycles. The summed E-state index contributed by atoms with van der Waals surface area (Å²) >= 11 is 0. The minimum Gasteiger partial charge on any atom is -0.274 e. The minimum atomic E-state index is -0.345. The quantitative estimate of drug-likeness (QED) is 0.793. The maximum absolute atomic E-state index is 13.7. The van der Waals surface area contributed by atoms with Gasteiger partial charge >= 0.3 is 5.69 Å². The van der Waals surface area contributed by atoms with E-state index in [1.54, 1.807) is 30.6 Å². The molecule has 0 bridgehead atoms. The Morgan fingerprint density at radius 2 is 1.90 bits per heavy atom. The highest BCUT2D eigenvalue weighted by Gasteiger charge is 2.11. The van der Waals surface area contributed by atoms with Crippen molar-refractivity contribution in [3.05, 3.63) is 82.0 Å². The molecule has 5 nitrogen and oxygen atoms in total. The van der Waals surface area contributed by atoms with Crippen molar-refractivity contribution >= 4 is 0 Å². The van der Waals surface area contributed by atoms with E-state index < -0.39 is 0 Å². The fourth-order valence-corrected chi connectivity index (χ4v) is 2.13. The summed E-state index contributed by atoms with van der Waals surface area (Å²) in [6.07, 6.45) is 3.85. The van der Waals surface area contributed by atoms with Crippen molar-refractivity contribution in [2.24, 2.45) is 0 Å². The lowest BCUT2D eigenvalue weighted by molar-refractivity contribution is 0.592. The highest BCUT2D eigenvalue weighted by Crippen LogP contribution is 2.10. The molecule has 6 heteroatoms. The molecule has 0 fully saturated rings. The van der Waals surface area contributed by atoms with Crippen LogP contribution in [0.4, 0.5) is 4.39 Å². The number of halogens is 1. The highest BCUT2D eigenvalue weighted by atomic mass is 19.1. The van der Waals surface area contributed by atoms with Crippen LogP contribution in [-0.2, 0) is 13.0 Å². The highest BCUT2D eigenvalue weighted by molar-refractivity contribution is 5.19.